The van der Waals surface area contributed by atoms with E-state index in [2.05, 4.69) is 39.3 Å². The van der Waals surface area contributed by atoms with Gasteiger partial charge in [0.25, 0.3) is 5.91 Å². The lowest BCUT2D eigenvalue weighted by atomic mass is 10.1. The van der Waals surface area contributed by atoms with Crippen molar-refractivity contribution in [1.82, 2.24) is 14.9 Å². The van der Waals surface area contributed by atoms with Gasteiger partial charge in [-0.15, -0.1) is 5.10 Å². The van der Waals surface area contributed by atoms with Gasteiger partial charge in [-0.3, -0.25) is 4.79 Å². The van der Waals surface area contributed by atoms with Gasteiger partial charge in [0.2, 0.25) is 0 Å². The lowest BCUT2D eigenvalue weighted by molar-refractivity contribution is 0.103. The van der Waals surface area contributed by atoms with Crippen LogP contribution >= 0.6 is 23.1 Å². The third-order valence-corrected chi connectivity index (χ3v) is 5.20. The molecule has 3 rings (SSSR count). The maximum atomic E-state index is 12.4. The molecule has 2 aromatic carbocycles. The molecule has 26 heavy (non-hydrogen) atoms. The van der Waals surface area contributed by atoms with Gasteiger partial charge in [-0.25, -0.2) is 0 Å². The standard InChI is InChI=1S/C19H19ClN4OS/c1-12(15-6-4-3-5-7-15)21-11-14-8-9-16(20)17(10-14)22-19(25)18-13(2)23-24-26-18/h3-10,12,21H,11H2,1-2H3,(H,22,25)/t12-/m1/s1. The number of aryl methyl sites for hydroxylation is 1. The highest BCUT2D eigenvalue weighted by molar-refractivity contribution is 7.08. The van der Waals surface area contributed by atoms with E-state index in [0.29, 0.717) is 27.8 Å². The lowest BCUT2D eigenvalue weighted by Gasteiger charge is -2.15. The number of rotatable bonds is 6. The maximum absolute atomic E-state index is 12.4. The number of anilines is 1. The molecule has 3 aromatic rings. The van der Waals surface area contributed by atoms with Crippen molar-refractivity contribution in [3.63, 3.8) is 0 Å². The quantitative estimate of drug-likeness (QED) is 0.649. The molecular weight excluding hydrogens is 368 g/mol. The van der Waals surface area contributed by atoms with Crippen LogP contribution in [0.5, 0.6) is 0 Å². The van der Waals surface area contributed by atoms with Gasteiger partial charge < -0.3 is 10.6 Å². The highest BCUT2D eigenvalue weighted by Gasteiger charge is 2.15. The Bertz CT molecular complexity index is 898. The summed E-state index contributed by atoms with van der Waals surface area (Å²) in [7, 11) is 0. The molecule has 0 unspecified atom stereocenters. The number of halogens is 1. The summed E-state index contributed by atoms with van der Waals surface area (Å²) < 4.78 is 3.79. The maximum Gasteiger partial charge on any atom is 0.269 e. The Morgan fingerprint density at radius 2 is 2.00 bits per heavy atom. The van der Waals surface area contributed by atoms with Gasteiger partial charge in [0.15, 0.2) is 0 Å². The smallest absolute Gasteiger partial charge is 0.269 e. The molecule has 1 aromatic heterocycles. The number of aromatic nitrogens is 2. The second-order valence-corrected chi connectivity index (χ2v) is 7.13. The summed E-state index contributed by atoms with van der Waals surface area (Å²) in [5, 5.41) is 10.7. The zero-order valence-electron chi connectivity index (χ0n) is 14.5. The van der Waals surface area contributed by atoms with E-state index in [1.54, 1.807) is 13.0 Å². The molecule has 0 aliphatic carbocycles. The molecule has 0 aliphatic heterocycles. The normalized spacial score (nSPS) is 12.0. The van der Waals surface area contributed by atoms with Gasteiger partial charge in [0.05, 0.1) is 16.4 Å². The van der Waals surface area contributed by atoms with Crippen LogP contribution in [0, 0.1) is 6.92 Å². The molecule has 0 saturated carbocycles. The summed E-state index contributed by atoms with van der Waals surface area (Å²) in [4.78, 5) is 12.8. The van der Waals surface area contributed by atoms with E-state index in [-0.39, 0.29) is 11.9 Å². The average molecular weight is 387 g/mol. The second-order valence-electron chi connectivity index (χ2n) is 5.97. The van der Waals surface area contributed by atoms with Crippen LogP contribution in [-0.4, -0.2) is 15.5 Å². The Kier molecular flexibility index (Phi) is 5.98. The number of hydrogen-bond acceptors (Lipinski definition) is 5. The van der Waals surface area contributed by atoms with E-state index in [1.165, 1.54) is 5.56 Å². The Morgan fingerprint density at radius 3 is 2.69 bits per heavy atom. The van der Waals surface area contributed by atoms with Gasteiger partial charge >= 0.3 is 0 Å². The topological polar surface area (TPSA) is 66.9 Å². The van der Waals surface area contributed by atoms with Crippen LogP contribution in [-0.2, 0) is 6.54 Å². The van der Waals surface area contributed by atoms with Gasteiger partial charge in [0.1, 0.15) is 4.88 Å². The van der Waals surface area contributed by atoms with Crippen molar-refractivity contribution >= 4 is 34.7 Å². The highest BCUT2D eigenvalue weighted by atomic mass is 35.5. The molecule has 1 atom stereocenters. The molecule has 0 radical (unpaired) electrons. The minimum Gasteiger partial charge on any atom is -0.320 e. The predicted octanol–water partition coefficient (Wildman–Crippen LogP) is 4.60. The molecule has 2 N–H and O–H groups in total. The van der Waals surface area contributed by atoms with E-state index < -0.39 is 0 Å². The number of amides is 1. The van der Waals surface area contributed by atoms with Crippen molar-refractivity contribution in [1.29, 1.82) is 0 Å². The van der Waals surface area contributed by atoms with Gasteiger partial charge in [-0.1, -0.05) is 52.5 Å². The zero-order valence-corrected chi connectivity index (χ0v) is 16.1. The Labute approximate surface area is 161 Å². The molecule has 0 aliphatic rings. The summed E-state index contributed by atoms with van der Waals surface area (Å²) in [6, 6.07) is 16.1. The third kappa shape index (κ3) is 4.46. The van der Waals surface area contributed by atoms with Crippen LogP contribution in [0.25, 0.3) is 0 Å². The second kappa shape index (κ2) is 8.40. The monoisotopic (exact) mass is 386 g/mol. The first kappa shape index (κ1) is 18.5. The van der Waals surface area contributed by atoms with Crippen molar-refractivity contribution < 1.29 is 4.79 Å². The molecule has 1 amide bonds. The van der Waals surface area contributed by atoms with Crippen LogP contribution in [0.4, 0.5) is 5.69 Å². The largest absolute Gasteiger partial charge is 0.320 e. The molecule has 7 heteroatoms. The average Bonchev–Trinajstić information content (AvgIpc) is 3.09. The summed E-state index contributed by atoms with van der Waals surface area (Å²) in [5.41, 5.74) is 3.45. The summed E-state index contributed by atoms with van der Waals surface area (Å²) in [6.07, 6.45) is 0. The van der Waals surface area contributed by atoms with E-state index in [9.17, 15) is 4.79 Å². The number of hydrogen-bond donors (Lipinski definition) is 2. The van der Waals surface area contributed by atoms with Crippen molar-refractivity contribution in [3.05, 3.63) is 75.3 Å². The van der Waals surface area contributed by atoms with Gasteiger partial charge in [0, 0.05) is 12.6 Å². The molecule has 0 fully saturated rings. The van der Waals surface area contributed by atoms with Gasteiger partial charge in [-0.2, -0.15) is 0 Å². The van der Waals surface area contributed by atoms with E-state index >= 15 is 0 Å². The highest BCUT2D eigenvalue weighted by Crippen LogP contribution is 2.25. The molecule has 0 spiro atoms. The SMILES string of the molecule is Cc1nnsc1C(=O)Nc1cc(CN[C@H](C)c2ccccc2)ccc1Cl. The summed E-state index contributed by atoms with van der Waals surface area (Å²) in [6.45, 7) is 4.54. The van der Waals surface area contributed by atoms with Crippen molar-refractivity contribution in [2.24, 2.45) is 0 Å². The fourth-order valence-electron chi connectivity index (χ4n) is 2.53. The minimum absolute atomic E-state index is 0.218. The molecule has 1 heterocycles. The number of carbonyl (C=O) groups excluding carboxylic acids is 1. The van der Waals surface area contributed by atoms with Gasteiger partial charge in [-0.05, 0) is 48.6 Å². The minimum atomic E-state index is -0.248. The van der Waals surface area contributed by atoms with Crippen LogP contribution in [0.3, 0.4) is 0 Å². The first-order valence-corrected chi connectivity index (χ1v) is 9.37. The molecule has 0 bridgehead atoms. The fraction of sp³-hybridized carbons (Fsp3) is 0.211. The summed E-state index contributed by atoms with van der Waals surface area (Å²) in [5.74, 6) is -0.248. The number of nitrogens with zero attached hydrogens (tertiary/aromatic N) is 2. The first-order valence-electron chi connectivity index (χ1n) is 8.21. The molecular formula is C19H19ClN4OS. The fourth-order valence-corrected chi connectivity index (χ4v) is 3.24. The van der Waals surface area contributed by atoms with E-state index in [4.69, 9.17) is 11.6 Å². The lowest BCUT2D eigenvalue weighted by Crippen LogP contribution is -2.18. The van der Waals surface area contributed by atoms with Crippen molar-refractivity contribution in [2.75, 3.05) is 5.32 Å². The van der Waals surface area contributed by atoms with E-state index in [0.717, 1.165) is 17.1 Å². The van der Waals surface area contributed by atoms with Crippen LogP contribution < -0.4 is 10.6 Å². The van der Waals surface area contributed by atoms with Crippen LogP contribution in [0.2, 0.25) is 5.02 Å². The Balaban J connectivity index is 1.67. The predicted molar refractivity (Wildman–Crippen MR) is 106 cm³/mol. The van der Waals surface area contributed by atoms with Crippen LogP contribution in [0.1, 0.15) is 39.5 Å². The molecule has 134 valence electrons. The van der Waals surface area contributed by atoms with Crippen LogP contribution in [0.15, 0.2) is 48.5 Å². The van der Waals surface area contributed by atoms with Crippen molar-refractivity contribution in [2.45, 2.75) is 26.4 Å². The zero-order chi connectivity index (χ0) is 18.5. The molecule has 0 saturated heterocycles. The van der Waals surface area contributed by atoms with Crippen molar-refractivity contribution in [3.8, 4) is 0 Å². The van der Waals surface area contributed by atoms with E-state index in [1.807, 2.05) is 30.3 Å². The number of benzene rings is 2. The number of carbonyl (C=O) groups is 1. The third-order valence-electron chi connectivity index (χ3n) is 4.05. The first-order chi connectivity index (χ1) is 12.5. The summed E-state index contributed by atoms with van der Waals surface area (Å²) >= 11 is 7.31. The Morgan fingerprint density at radius 1 is 1.23 bits per heavy atom. The number of nitrogens with one attached hydrogen (secondary N) is 2. The molecule has 5 nitrogen and oxygen atoms in total. The Hall–Kier alpha value is -2.28.